The van der Waals surface area contributed by atoms with Crippen molar-refractivity contribution in [1.29, 1.82) is 0 Å². The maximum Gasteiger partial charge on any atom is 0.333 e. The minimum atomic E-state index is -4.18. The summed E-state index contributed by atoms with van der Waals surface area (Å²) in [6.45, 7) is 0. The van der Waals surface area contributed by atoms with Crippen molar-refractivity contribution in [1.82, 2.24) is 4.72 Å². The summed E-state index contributed by atoms with van der Waals surface area (Å²) in [5, 5.41) is 5.44. The number of halogens is 3. The van der Waals surface area contributed by atoms with Gasteiger partial charge in [-0.15, -0.1) is 11.3 Å². The van der Waals surface area contributed by atoms with Crippen LogP contribution in [-0.4, -0.2) is 33.3 Å². The molecule has 0 saturated carbocycles. The van der Waals surface area contributed by atoms with Crippen LogP contribution in [0.15, 0.2) is 51.1 Å². The molecule has 3 N–H and O–H groups in total. The number of sulfonamides is 1. The summed E-state index contributed by atoms with van der Waals surface area (Å²) >= 11 is 15.7. The third-order valence-corrected chi connectivity index (χ3v) is 9.31. The van der Waals surface area contributed by atoms with Crippen molar-refractivity contribution in [2.45, 2.75) is 10.6 Å². The SMILES string of the molecule is CNc1cc2c(cc1Br)C(=O)N(c1ccc(NC(=O)NS(=O)(=O)c3cc(Cl)c(Cl)s3)cc1)C(=O)C2. The first-order valence-corrected chi connectivity index (χ1v) is 13.6. The maximum atomic E-state index is 13.1. The fourth-order valence-corrected chi connectivity index (χ4v) is 6.70. The number of thiophene rings is 1. The summed E-state index contributed by atoms with van der Waals surface area (Å²) in [5.74, 6) is -0.873. The van der Waals surface area contributed by atoms with Gasteiger partial charge in [0.25, 0.3) is 15.9 Å². The van der Waals surface area contributed by atoms with E-state index in [9.17, 15) is 22.8 Å². The topological polar surface area (TPSA) is 125 Å². The second-order valence-electron chi connectivity index (χ2n) is 7.24. The van der Waals surface area contributed by atoms with E-state index in [0.29, 0.717) is 32.6 Å². The van der Waals surface area contributed by atoms with Gasteiger partial charge in [0.1, 0.15) is 8.55 Å². The number of rotatable bonds is 5. The van der Waals surface area contributed by atoms with E-state index in [2.05, 4.69) is 26.6 Å². The number of hydrogen-bond acceptors (Lipinski definition) is 7. The molecule has 182 valence electrons. The van der Waals surface area contributed by atoms with Gasteiger partial charge < -0.3 is 10.6 Å². The van der Waals surface area contributed by atoms with Gasteiger partial charge in [-0.05, 0) is 64.0 Å². The van der Waals surface area contributed by atoms with Gasteiger partial charge in [-0.2, -0.15) is 0 Å². The Bertz CT molecular complexity index is 1460. The summed E-state index contributed by atoms with van der Waals surface area (Å²) in [6, 6.07) is 9.38. The second-order valence-corrected chi connectivity index (χ2v) is 12.1. The molecule has 0 spiro atoms. The van der Waals surface area contributed by atoms with E-state index in [4.69, 9.17) is 23.2 Å². The van der Waals surface area contributed by atoms with Crippen LogP contribution in [0.1, 0.15) is 15.9 Å². The fraction of sp³-hybridized carbons (Fsp3) is 0.0952. The summed E-state index contributed by atoms with van der Waals surface area (Å²) in [7, 11) is -2.44. The van der Waals surface area contributed by atoms with Crippen LogP contribution in [0.4, 0.5) is 21.9 Å². The second kappa shape index (κ2) is 9.78. The van der Waals surface area contributed by atoms with Gasteiger partial charge >= 0.3 is 6.03 Å². The highest BCUT2D eigenvalue weighted by Gasteiger charge is 2.33. The van der Waals surface area contributed by atoms with E-state index < -0.39 is 27.9 Å². The zero-order chi connectivity index (χ0) is 25.5. The minimum Gasteiger partial charge on any atom is -0.387 e. The number of carbonyl (C=O) groups excluding carboxylic acids is 3. The highest BCUT2D eigenvalue weighted by atomic mass is 79.9. The average molecular weight is 618 g/mol. The Labute approximate surface area is 222 Å². The zero-order valence-electron chi connectivity index (χ0n) is 17.7. The lowest BCUT2D eigenvalue weighted by Crippen LogP contribution is -2.42. The summed E-state index contributed by atoms with van der Waals surface area (Å²) in [5.41, 5.74) is 2.33. The molecule has 14 heteroatoms. The van der Waals surface area contributed by atoms with Gasteiger partial charge in [0.2, 0.25) is 5.91 Å². The lowest BCUT2D eigenvalue weighted by molar-refractivity contribution is -0.117. The largest absolute Gasteiger partial charge is 0.387 e. The standard InChI is InChI=1S/C21H15BrCl2N4O5S2/c1-25-16-6-10-7-17(29)28(20(30)13(10)8-14(16)22)12-4-2-11(3-5-12)26-21(31)27-35(32,33)18-9-15(23)19(24)34-18/h2-6,8-9,25H,7H2,1H3,(H2,26,27,31). The van der Waals surface area contributed by atoms with Crippen LogP contribution in [0.5, 0.6) is 0 Å². The van der Waals surface area contributed by atoms with Crippen molar-refractivity contribution in [3.63, 3.8) is 0 Å². The van der Waals surface area contributed by atoms with E-state index in [1.54, 1.807) is 19.2 Å². The normalized spacial score (nSPS) is 13.4. The summed E-state index contributed by atoms with van der Waals surface area (Å²) < 4.78 is 27.1. The number of benzene rings is 2. The van der Waals surface area contributed by atoms with Crippen molar-refractivity contribution in [3.8, 4) is 0 Å². The molecule has 35 heavy (non-hydrogen) atoms. The molecule has 0 unspecified atom stereocenters. The first-order valence-electron chi connectivity index (χ1n) is 9.76. The van der Waals surface area contributed by atoms with Gasteiger partial charge in [-0.3, -0.25) is 9.59 Å². The number of anilines is 3. The van der Waals surface area contributed by atoms with Crippen LogP contribution in [0.2, 0.25) is 9.36 Å². The quantitative estimate of drug-likeness (QED) is 0.342. The first-order chi connectivity index (χ1) is 16.5. The molecule has 0 bridgehead atoms. The Morgan fingerprint density at radius 1 is 1.11 bits per heavy atom. The van der Waals surface area contributed by atoms with Gasteiger partial charge in [0, 0.05) is 28.5 Å². The molecule has 1 aliphatic heterocycles. The number of nitrogens with one attached hydrogen (secondary N) is 3. The maximum absolute atomic E-state index is 13.1. The molecule has 0 radical (unpaired) electrons. The zero-order valence-corrected chi connectivity index (χ0v) is 22.4. The number of amides is 4. The van der Waals surface area contributed by atoms with Crippen LogP contribution >= 0.6 is 50.5 Å². The van der Waals surface area contributed by atoms with Crippen LogP contribution < -0.4 is 20.3 Å². The molecular weight excluding hydrogens is 603 g/mol. The smallest absolute Gasteiger partial charge is 0.333 e. The van der Waals surface area contributed by atoms with Gasteiger partial charge in [0.15, 0.2) is 0 Å². The van der Waals surface area contributed by atoms with Crippen LogP contribution in [-0.2, 0) is 21.2 Å². The van der Waals surface area contributed by atoms with Crippen molar-refractivity contribution in [2.24, 2.45) is 0 Å². The molecule has 4 amide bonds. The predicted octanol–water partition coefficient (Wildman–Crippen LogP) is 5.10. The predicted molar refractivity (Wildman–Crippen MR) is 139 cm³/mol. The molecule has 1 aliphatic rings. The molecule has 0 saturated heterocycles. The fourth-order valence-electron chi connectivity index (χ4n) is 3.37. The number of imide groups is 1. The van der Waals surface area contributed by atoms with Crippen LogP contribution in [0, 0.1) is 0 Å². The van der Waals surface area contributed by atoms with Crippen LogP contribution in [0.3, 0.4) is 0 Å². The Balaban J connectivity index is 1.49. The lowest BCUT2D eigenvalue weighted by Gasteiger charge is -2.27. The number of fused-ring (bicyclic) bond motifs is 1. The van der Waals surface area contributed by atoms with E-state index in [1.165, 1.54) is 24.3 Å². The molecule has 4 rings (SSSR count). The average Bonchev–Trinajstić information content (AvgIpc) is 3.14. The molecule has 9 nitrogen and oxygen atoms in total. The van der Waals surface area contributed by atoms with E-state index in [1.807, 2.05) is 4.72 Å². The van der Waals surface area contributed by atoms with E-state index in [-0.39, 0.29) is 25.7 Å². The lowest BCUT2D eigenvalue weighted by atomic mass is 9.97. The number of hydrogen-bond donors (Lipinski definition) is 3. The first kappa shape index (κ1) is 25.5. The number of carbonyl (C=O) groups is 3. The summed E-state index contributed by atoms with van der Waals surface area (Å²) in [4.78, 5) is 39.1. The van der Waals surface area contributed by atoms with Crippen molar-refractivity contribution < 1.29 is 22.8 Å². The van der Waals surface area contributed by atoms with Crippen molar-refractivity contribution >= 4 is 95.4 Å². The Morgan fingerprint density at radius 2 is 1.80 bits per heavy atom. The van der Waals surface area contributed by atoms with Gasteiger partial charge in [-0.25, -0.2) is 22.8 Å². The molecule has 0 aliphatic carbocycles. The van der Waals surface area contributed by atoms with Gasteiger partial charge in [0.05, 0.1) is 17.1 Å². The Hall–Kier alpha value is -2.64. The molecule has 2 heterocycles. The molecule has 1 aromatic heterocycles. The third-order valence-electron chi connectivity index (χ3n) is 4.98. The number of nitrogens with zero attached hydrogens (tertiary/aromatic N) is 1. The van der Waals surface area contributed by atoms with Gasteiger partial charge in [-0.1, -0.05) is 23.2 Å². The van der Waals surface area contributed by atoms with E-state index >= 15 is 0 Å². The Morgan fingerprint density at radius 3 is 2.40 bits per heavy atom. The highest BCUT2D eigenvalue weighted by molar-refractivity contribution is 9.10. The monoisotopic (exact) mass is 616 g/mol. The van der Waals surface area contributed by atoms with Crippen molar-refractivity contribution in [2.75, 3.05) is 22.6 Å². The molecular formula is C21H15BrCl2N4O5S2. The summed E-state index contributed by atoms with van der Waals surface area (Å²) in [6.07, 6.45) is 0.0417. The highest BCUT2D eigenvalue weighted by Crippen LogP contribution is 2.34. The number of urea groups is 1. The molecule has 3 aromatic rings. The van der Waals surface area contributed by atoms with Crippen LogP contribution in [0.25, 0.3) is 0 Å². The van der Waals surface area contributed by atoms with Crippen molar-refractivity contribution in [3.05, 3.63) is 67.4 Å². The van der Waals surface area contributed by atoms with E-state index in [0.717, 1.165) is 16.7 Å². The Kier molecular flexibility index (Phi) is 7.11. The molecule has 0 atom stereocenters. The third kappa shape index (κ3) is 5.16. The molecule has 2 aromatic carbocycles. The minimum absolute atomic E-state index is 0.0417. The molecule has 0 fully saturated rings.